The van der Waals surface area contributed by atoms with E-state index in [1.807, 2.05) is 11.5 Å². The lowest BCUT2D eigenvalue weighted by Crippen LogP contribution is -2.28. The molecule has 1 aromatic carbocycles. The van der Waals surface area contributed by atoms with Crippen molar-refractivity contribution < 1.29 is 8.78 Å². The molecule has 2 fully saturated rings. The molecule has 2 aliphatic rings. The van der Waals surface area contributed by atoms with Gasteiger partial charge >= 0.3 is 0 Å². The SMILES string of the molecule is CCc1cn(C2CC2)c2c(F)c(N3CCC(CNC(=S)S)C3)c(F)cc2c1=O. The second kappa shape index (κ2) is 7.63. The molecule has 1 N–H and O–H groups in total. The first-order valence-corrected chi connectivity index (χ1v) is 10.5. The number of rotatable bonds is 5. The summed E-state index contributed by atoms with van der Waals surface area (Å²) in [6.45, 7) is 3.60. The maximum absolute atomic E-state index is 15.6. The van der Waals surface area contributed by atoms with E-state index >= 15 is 4.39 Å². The van der Waals surface area contributed by atoms with E-state index < -0.39 is 11.6 Å². The summed E-state index contributed by atoms with van der Waals surface area (Å²) in [5.41, 5.74) is 0.534. The van der Waals surface area contributed by atoms with Crippen molar-refractivity contribution in [1.82, 2.24) is 9.88 Å². The molecule has 1 aromatic heterocycles. The fourth-order valence-corrected chi connectivity index (χ4v) is 4.28. The maximum atomic E-state index is 15.6. The van der Waals surface area contributed by atoms with Crippen molar-refractivity contribution in [2.45, 2.75) is 38.6 Å². The van der Waals surface area contributed by atoms with Crippen LogP contribution in [0.1, 0.15) is 37.8 Å². The van der Waals surface area contributed by atoms with E-state index in [4.69, 9.17) is 12.2 Å². The molecule has 2 aromatic rings. The largest absolute Gasteiger partial charge is 0.371 e. The molecule has 0 spiro atoms. The van der Waals surface area contributed by atoms with Crippen molar-refractivity contribution in [1.29, 1.82) is 0 Å². The fraction of sp³-hybridized carbons (Fsp3) is 0.500. The third kappa shape index (κ3) is 3.52. The lowest BCUT2D eigenvalue weighted by molar-refractivity contribution is 0.563. The molecular weight excluding hydrogens is 400 g/mol. The summed E-state index contributed by atoms with van der Waals surface area (Å²) >= 11 is 8.96. The first kappa shape index (κ1) is 19.6. The monoisotopic (exact) mass is 423 g/mol. The van der Waals surface area contributed by atoms with Crippen LogP contribution < -0.4 is 15.6 Å². The van der Waals surface area contributed by atoms with E-state index in [2.05, 4.69) is 17.9 Å². The number of thiocarbonyl (C=S) groups is 1. The molecule has 1 saturated carbocycles. The Morgan fingerprint density at radius 1 is 1.36 bits per heavy atom. The minimum Gasteiger partial charge on any atom is -0.371 e. The van der Waals surface area contributed by atoms with Gasteiger partial charge in [-0.15, -0.1) is 12.6 Å². The van der Waals surface area contributed by atoms with Gasteiger partial charge in [-0.2, -0.15) is 0 Å². The summed E-state index contributed by atoms with van der Waals surface area (Å²) in [5.74, 6) is -1.07. The van der Waals surface area contributed by atoms with Crippen LogP contribution in [-0.4, -0.2) is 28.5 Å². The Morgan fingerprint density at radius 2 is 2.11 bits per heavy atom. The van der Waals surface area contributed by atoms with Gasteiger partial charge in [0.2, 0.25) is 0 Å². The molecule has 8 heteroatoms. The van der Waals surface area contributed by atoms with Gasteiger partial charge in [-0.1, -0.05) is 19.1 Å². The summed E-state index contributed by atoms with van der Waals surface area (Å²) in [6.07, 6.45) is 5.02. The zero-order valence-corrected chi connectivity index (χ0v) is 17.4. The van der Waals surface area contributed by atoms with Crippen molar-refractivity contribution in [2.75, 3.05) is 24.5 Å². The highest BCUT2D eigenvalue weighted by Crippen LogP contribution is 2.40. The molecule has 1 aliphatic heterocycles. The predicted molar refractivity (Wildman–Crippen MR) is 116 cm³/mol. The topological polar surface area (TPSA) is 37.3 Å². The third-order valence-electron chi connectivity index (χ3n) is 5.72. The number of aryl methyl sites for hydroxylation is 1. The van der Waals surface area contributed by atoms with E-state index in [0.29, 0.717) is 35.9 Å². The molecule has 4 rings (SSSR count). The Balaban J connectivity index is 1.77. The van der Waals surface area contributed by atoms with Crippen molar-refractivity contribution in [3.8, 4) is 0 Å². The molecule has 1 atom stereocenters. The van der Waals surface area contributed by atoms with Gasteiger partial charge in [0.15, 0.2) is 11.2 Å². The summed E-state index contributed by atoms with van der Waals surface area (Å²) < 4.78 is 32.8. The molecule has 0 amide bonds. The number of anilines is 1. The van der Waals surface area contributed by atoms with Crippen LogP contribution >= 0.6 is 24.8 Å². The molecule has 28 heavy (non-hydrogen) atoms. The average molecular weight is 424 g/mol. The van der Waals surface area contributed by atoms with Crippen molar-refractivity contribution in [2.24, 2.45) is 5.92 Å². The molecule has 1 saturated heterocycles. The minimum absolute atomic E-state index is 0.0264. The Hall–Kier alpha value is -1.67. The van der Waals surface area contributed by atoms with Gasteiger partial charge < -0.3 is 14.8 Å². The number of halogens is 2. The van der Waals surface area contributed by atoms with Gasteiger partial charge in [0.25, 0.3) is 0 Å². The lowest BCUT2D eigenvalue weighted by Gasteiger charge is -2.23. The van der Waals surface area contributed by atoms with Crippen LogP contribution in [-0.2, 0) is 6.42 Å². The van der Waals surface area contributed by atoms with Gasteiger partial charge in [-0.3, -0.25) is 4.79 Å². The van der Waals surface area contributed by atoms with Crippen molar-refractivity contribution >= 4 is 45.8 Å². The number of nitrogens with one attached hydrogen (secondary N) is 1. The number of hydrogen-bond donors (Lipinski definition) is 2. The molecule has 0 radical (unpaired) electrons. The first-order chi connectivity index (χ1) is 13.4. The fourth-order valence-electron chi connectivity index (χ4n) is 4.10. The van der Waals surface area contributed by atoms with Crippen LogP contribution in [0.2, 0.25) is 0 Å². The average Bonchev–Trinajstić information content (AvgIpc) is 3.40. The molecule has 1 aliphatic carbocycles. The van der Waals surface area contributed by atoms with Gasteiger partial charge in [0, 0.05) is 37.4 Å². The van der Waals surface area contributed by atoms with Crippen LogP contribution in [0.5, 0.6) is 0 Å². The van der Waals surface area contributed by atoms with Crippen LogP contribution in [0, 0.1) is 17.6 Å². The molecular formula is C20H23F2N3OS2. The Morgan fingerprint density at radius 3 is 2.75 bits per heavy atom. The van der Waals surface area contributed by atoms with Crippen LogP contribution in [0.15, 0.2) is 17.1 Å². The predicted octanol–water partition coefficient (Wildman–Crippen LogP) is 3.81. The van der Waals surface area contributed by atoms with Crippen LogP contribution in [0.4, 0.5) is 14.5 Å². The standard InChI is InChI=1S/C20H23F2N3OS2/c1-2-12-10-25(13-3-4-13)17-14(19(12)26)7-15(21)18(16(17)22)24-6-5-11(9-24)8-23-20(27)28/h7,10-11,13H,2-6,8-9H2,1H3,(H2,23,27,28). The second-order valence-electron chi connectivity index (χ2n) is 7.68. The maximum Gasteiger partial charge on any atom is 0.192 e. The number of fused-ring (bicyclic) bond motifs is 1. The highest BCUT2D eigenvalue weighted by molar-refractivity contribution is 8.11. The number of benzene rings is 1. The Labute approximate surface area is 173 Å². The minimum atomic E-state index is -0.670. The summed E-state index contributed by atoms with van der Waals surface area (Å²) in [5, 5.41) is 3.15. The summed E-state index contributed by atoms with van der Waals surface area (Å²) in [4.78, 5) is 14.4. The number of hydrogen-bond acceptors (Lipinski definition) is 3. The highest BCUT2D eigenvalue weighted by atomic mass is 32.1. The van der Waals surface area contributed by atoms with Gasteiger partial charge in [0.05, 0.1) is 10.9 Å². The number of nitrogens with zero attached hydrogens (tertiary/aromatic N) is 2. The molecule has 2 heterocycles. The molecule has 4 nitrogen and oxygen atoms in total. The Bertz CT molecular complexity index is 1000. The zero-order chi connectivity index (χ0) is 20.0. The van der Waals surface area contributed by atoms with Gasteiger partial charge in [-0.05, 0) is 37.7 Å². The zero-order valence-electron chi connectivity index (χ0n) is 15.7. The third-order valence-corrected chi connectivity index (χ3v) is 6.03. The van der Waals surface area contributed by atoms with E-state index in [-0.39, 0.29) is 34.0 Å². The first-order valence-electron chi connectivity index (χ1n) is 9.68. The molecule has 0 bridgehead atoms. The van der Waals surface area contributed by atoms with Gasteiger partial charge in [0.1, 0.15) is 15.8 Å². The van der Waals surface area contributed by atoms with Crippen LogP contribution in [0.3, 0.4) is 0 Å². The van der Waals surface area contributed by atoms with Crippen LogP contribution in [0.25, 0.3) is 10.9 Å². The van der Waals surface area contributed by atoms with Crippen molar-refractivity contribution in [3.05, 3.63) is 39.7 Å². The van der Waals surface area contributed by atoms with E-state index in [0.717, 1.165) is 19.3 Å². The van der Waals surface area contributed by atoms with E-state index in [1.54, 1.807) is 11.1 Å². The molecule has 1 unspecified atom stereocenters. The smallest absolute Gasteiger partial charge is 0.192 e. The van der Waals surface area contributed by atoms with E-state index in [1.165, 1.54) is 6.07 Å². The molecule has 150 valence electrons. The Kier molecular flexibility index (Phi) is 5.35. The summed E-state index contributed by atoms with van der Waals surface area (Å²) in [7, 11) is 0. The number of aromatic nitrogens is 1. The van der Waals surface area contributed by atoms with E-state index in [9.17, 15) is 9.18 Å². The number of thiol groups is 1. The van der Waals surface area contributed by atoms with Gasteiger partial charge in [-0.25, -0.2) is 8.78 Å². The second-order valence-corrected chi connectivity index (χ2v) is 8.84. The normalized spacial score (nSPS) is 19.4. The number of pyridine rings is 1. The highest BCUT2D eigenvalue weighted by Gasteiger charge is 2.32. The quantitative estimate of drug-likeness (QED) is 0.567. The van der Waals surface area contributed by atoms with Crippen molar-refractivity contribution in [3.63, 3.8) is 0 Å². The summed E-state index contributed by atoms with van der Waals surface area (Å²) in [6, 6.07) is 1.41. The lowest BCUT2D eigenvalue weighted by atomic mass is 10.1.